The van der Waals surface area contributed by atoms with Crippen LogP contribution in [-0.4, -0.2) is 8.42 Å². The van der Waals surface area contributed by atoms with E-state index in [9.17, 15) is 8.42 Å². The lowest BCUT2D eigenvalue weighted by atomic mass is 10.0. The van der Waals surface area contributed by atoms with E-state index in [1.165, 1.54) is 24.3 Å². The van der Waals surface area contributed by atoms with E-state index in [1.54, 1.807) is 0 Å². The Labute approximate surface area is 141 Å². The van der Waals surface area contributed by atoms with Gasteiger partial charge in [-0.25, -0.2) is 13.1 Å². The first-order valence-corrected chi connectivity index (χ1v) is 9.00. The molecule has 1 unspecified atom stereocenters. The second kappa shape index (κ2) is 6.44. The minimum atomic E-state index is -3.66. The Morgan fingerprint density at radius 3 is 2.33 bits per heavy atom. The van der Waals surface area contributed by atoms with E-state index in [2.05, 4.69) is 4.72 Å². The molecular formula is C19H16N2O2S. The molecule has 0 bridgehead atoms. The number of nitriles is 1. The minimum absolute atomic E-state index is 0.147. The zero-order valence-corrected chi connectivity index (χ0v) is 13.9. The van der Waals surface area contributed by atoms with Crippen molar-refractivity contribution in [3.05, 3.63) is 77.9 Å². The van der Waals surface area contributed by atoms with Gasteiger partial charge in [0.25, 0.3) is 0 Å². The number of rotatable bonds is 4. The number of nitrogens with zero attached hydrogens (tertiary/aromatic N) is 1. The van der Waals surface area contributed by atoms with Gasteiger partial charge in [-0.15, -0.1) is 0 Å². The lowest BCUT2D eigenvalue weighted by Gasteiger charge is -2.17. The summed E-state index contributed by atoms with van der Waals surface area (Å²) in [6, 6.07) is 21.2. The summed E-state index contributed by atoms with van der Waals surface area (Å²) < 4.78 is 27.8. The molecule has 0 aliphatic heterocycles. The Kier molecular flexibility index (Phi) is 4.34. The van der Waals surface area contributed by atoms with Gasteiger partial charge in [0, 0.05) is 6.04 Å². The van der Waals surface area contributed by atoms with Crippen LogP contribution >= 0.6 is 0 Å². The van der Waals surface area contributed by atoms with E-state index in [1.807, 2.05) is 55.5 Å². The first kappa shape index (κ1) is 16.2. The van der Waals surface area contributed by atoms with Gasteiger partial charge < -0.3 is 0 Å². The number of nitrogens with one attached hydrogen (secondary N) is 1. The predicted molar refractivity (Wildman–Crippen MR) is 93.8 cm³/mol. The van der Waals surface area contributed by atoms with Crippen LogP contribution in [-0.2, 0) is 10.0 Å². The van der Waals surface area contributed by atoms with Gasteiger partial charge in [-0.1, -0.05) is 42.5 Å². The third kappa shape index (κ3) is 3.16. The smallest absolute Gasteiger partial charge is 0.207 e. The molecule has 1 N–H and O–H groups in total. The number of sulfonamides is 1. The Balaban J connectivity index is 1.92. The summed E-state index contributed by atoms with van der Waals surface area (Å²) in [5.74, 6) is 0. The predicted octanol–water partition coefficient (Wildman–Crippen LogP) is 3.75. The second-order valence-corrected chi connectivity index (χ2v) is 7.26. The average molecular weight is 336 g/mol. The lowest BCUT2D eigenvalue weighted by Crippen LogP contribution is -2.27. The maximum Gasteiger partial charge on any atom is 0.241 e. The van der Waals surface area contributed by atoms with Crippen molar-refractivity contribution in [1.29, 1.82) is 5.26 Å². The summed E-state index contributed by atoms with van der Waals surface area (Å²) in [6.45, 7) is 1.82. The summed E-state index contributed by atoms with van der Waals surface area (Å²) in [7, 11) is -3.66. The van der Waals surface area contributed by atoms with E-state index in [-0.39, 0.29) is 10.9 Å². The zero-order valence-electron chi connectivity index (χ0n) is 13.1. The van der Waals surface area contributed by atoms with E-state index >= 15 is 0 Å². The normalized spacial score (nSPS) is 12.7. The molecule has 0 spiro atoms. The molecule has 1 atom stereocenters. The topological polar surface area (TPSA) is 70.0 Å². The molecule has 0 aromatic heterocycles. The number of hydrogen-bond donors (Lipinski definition) is 1. The second-order valence-electron chi connectivity index (χ2n) is 5.55. The fraction of sp³-hybridized carbons (Fsp3) is 0.105. The molecule has 5 heteroatoms. The number of hydrogen-bond acceptors (Lipinski definition) is 3. The average Bonchev–Trinajstić information content (AvgIpc) is 2.61. The quantitative estimate of drug-likeness (QED) is 0.789. The van der Waals surface area contributed by atoms with Crippen molar-refractivity contribution in [2.75, 3.05) is 0 Å². The molecule has 0 heterocycles. The van der Waals surface area contributed by atoms with Crippen LogP contribution in [0.25, 0.3) is 10.8 Å². The van der Waals surface area contributed by atoms with Crippen molar-refractivity contribution >= 4 is 20.8 Å². The van der Waals surface area contributed by atoms with Crippen LogP contribution in [0.3, 0.4) is 0 Å². The Morgan fingerprint density at radius 1 is 0.958 bits per heavy atom. The summed E-state index contributed by atoms with van der Waals surface area (Å²) in [4.78, 5) is 0.147. The fourth-order valence-electron chi connectivity index (χ4n) is 2.70. The molecule has 4 nitrogen and oxygen atoms in total. The maximum atomic E-state index is 12.6. The van der Waals surface area contributed by atoms with E-state index in [0.29, 0.717) is 5.56 Å². The van der Waals surface area contributed by atoms with Crippen molar-refractivity contribution in [3.8, 4) is 6.07 Å². The summed E-state index contributed by atoms with van der Waals surface area (Å²) >= 11 is 0. The van der Waals surface area contributed by atoms with Gasteiger partial charge in [0.05, 0.1) is 16.5 Å². The molecule has 0 fully saturated rings. The van der Waals surface area contributed by atoms with Crippen molar-refractivity contribution in [2.24, 2.45) is 0 Å². The van der Waals surface area contributed by atoms with Gasteiger partial charge in [-0.2, -0.15) is 5.26 Å². The molecule has 0 saturated carbocycles. The minimum Gasteiger partial charge on any atom is -0.207 e. The highest BCUT2D eigenvalue weighted by molar-refractivity contribution is 7.89. The van der Waals surface area contributed by atoms with Crippen molar-refractivity contribution < 1.29 is 8.42 Å². The van der Waals surface area contributed by atoms with Crippen molar-refractivity contribution in [3.63, 3.8) is 0 Å². The Hall–Kier alpha value is -2.68. The highest BCUT2D eigenvalue weighted by Crippen LogP contribution is 2.25. The van der Waals surface area contributed by atoms with Crippen LogP contribution < -0.4 is 4.72 Å². The van der Waals surface area contributed by atoms with Gasteiger partial charge in [0.2, 0.25) is 10.0 Å². The van der Waals surface area contributed by atoms with Crippen molar-refractivity contribution in [1.82, 2.24) is 4.72 Å². The van der Waals surface area contributed by atoms with Crippen LogP contribution in [0.15, 0.2) is 71.6 Å². The van der Waals surface area contributed by atoms with Crippen LogP contribution in [0.5, 0.6) is 0 Å². The monoisotopic (exact) mass is 336 g/mol. The van der Waals surface area contributed by atoms with Crippen LogP contribution in [0.4, 0.5) is 0 Å². The molecule has 0 amide bonds. The molecule has 0 aliphatic rings. The molecule has 0 saturated heterocycles. The first-order chi connectivity index (χ1) is 11.5. The summed E-state index contributed by atoms with van der Waals surface area (Å²) in [6.07, 6.45) is 0. The molecule has 120 valence electrons. The maximum absolute atomic E-state index is 12.6. The third-order valence-corrected chi connectivity index (χ3v) is 5.47. The van der Waals surface area contributed by atoms with Gasteiger partial charge in [0.15, 0.2) is 0 Å². The van der Waals surface area contributed by atoms with Gasteiger partial charge in [-0.05, 0) is 47.5 Å². The number of fused-ring (bicyclic) bond motifs is 1. The summed E-state index contributed by atoms with van der Waals surface area (Å²) in [5.41, 5.74) is 1.35. The van der Waals surface area contributed by atoms with Crippen LogP contribution in [0.1, 0.15) is 24.1 Å². The van der Waals surface area contributed by atoms with Crippen LogP contribution in [0.2, 0.25) is 0 Å². The van der Waals surface area contributed by atoms with Gasteiger partial charge in [-0.3, -0.25) is 0 Å². The SMILES string of the molecule is CC(NS(=O)(=O)c1ccc(C#N)cc1)c1cccc2ccccc12. The molecule has 3 aromatic carbocycles. The first-order valence-electron chi connectivity index (χ1n) is 7.51. The van der Waals surface area contributed by atoms with E-state index in [0.717, 1.165) is 16.3 Å². The molecular weight excluding hydrogens is 320 g/mol. The van der Waals surface area contributed by atoms with Gasteiger partial charge >= 0.3 is 0 Å². The lowest BCUT2D eigenvalue weighted by molar-refractivity contribution is 0.567. The Bertz CT molecular complexity index is 1010. The van der Waals surface area contributed by atoms with Crippen molar-refractivity contribution in [2.45, 2.75) is 17.9 Å². The third-order valence-electron chi connectivity index (χ3n) is 3.92. The molecule has 3 rings (SSSR count). The zero-order chi connectivity index (χ0) is 17.2. The standard InChI is InChI=1S/C19H16N2O2S/c1-14(18-8-4-6-16-5-2-3-7-19(16)18)21-24(22,23)17-11-9-15(13-20)10-12-17/h2-12,14,21H,1H3. The van der Waals surface area contributed by atoms with E-state index in [4.69, 9.17) is 5.26 Å². The molecule has 24 heavy (non-hydrogen) atoms. The number of benzene rings is 3. The molecule has 0 aliphatic carbocycles. The molecule has 0 radical (unpaired) electrons. The highest BCUT2D eigenvalue weighted by Gasteiger charge is 2.19. The Morgan fingerprint density at radius 2 is 1.62 bits per heavy atom. The highest BCUT2D eigenvalue weighted by atomic mass is 32.2. The van der Waals surface area contributed by atoms with Crippen LogP contribution in [0, 0.1) is 11.3 Å². The molecule has 3 aromatic rings. The fourth-order valence-corrected chi connectivity index (χ4v) is 3.92. The van der Waals surface area contributed by atoms with Gasteiger partial charge in [0.1, 0.15) is 0 Å². The largest absolute Gasteiger partial charge is 0.241 e. The van der Waals surface area contributed by atoms with E-state index < -0.39 is 10.0 Å². The summed E-state index contributed by atoms with van der Waals surface area (Å²) in [5, 5.41) is 10.9.